The SMILES string of the molecule is COc1ccccc1C(=O)NCC1CCCC(CNC(=O)c2ccccc2OC)C1. The standard InChI is InChI=1S/C24H30N2O4/c1-29-21-12-5-3-10-19(21)23(27)25-15-17-8-7-9-18(14-17)16-26-24(28)20-11-4-6-13-22(20)30-2/h3-6,10-13,17-18H,7-9,14-16H2,1-2H3,(H,25,27)(H,26,28). The van der Waals surface area contributed by atoms with Crippen molar-refractivity contribution in [2.45, 2.75) is 25.7 Å². The Hall–Kier alpha value is -3.02. The fourth-order valence-corrected chi connectivity index (χ4v) is 4.10. The predicted octanol–water partition coefficient (Wildman–Crippen LogP) is 3.67. The lowest BCUT2D eigenvalue weighted by Crippen LogP contribution is -2.35. The van der Waals surface area contributed by atoms with E-state index in [4.69, 9.17) is 9.47 Å². The minimum atomic E-state index is -0.112. The van der Waals surface area contributed by atoms with Crippen LogP contribution in [0.15, 0.2) is 48.5 Å². The maximum absolute atomic E-state index is 12.5. The van der Waals surface area contributed by atoms with Gasteiger partial charge in [-0.25, -0.2) is 0 Å². The molecule has 0 saturated heterocycles. The van der Waals surface area contributed by atoms with Gasteiger partial charge in [-0.15, -0.1) is 0 Å². The molecule has 3 rings (SSSR count). The largest absolute Gasteiger partial charge is 0.496 e. The highest BCUT2D eigenvalue weighted by Crippen LogP contribution is 2.29. The number of carbonyl (C=O) groups excluding carboxylic acids is 2. The number of ether oxygens (including phenoxy) is 2. The van der Waals surface area contributed by atoms with Gasteiger partial charge in [-0.3, -0.25) is 9.59 Å². The number of hydrogen-bond donors (Lipinski definition) is 2. The van der Waals surface area contributed by atoms with E-state index in [1.165, 1.54) is 0 Å². The second kappa shape index (κ2) is 10.7. The number of carbonyl (C=O) groups is 2. The summed E-state index contributed by atoms with van der Waals surface area (Å²) in [5, 5.41) is 6.09. The molecule has 0 aliphatic heterocycles. The molecule has 6 nitrogen and oxygen atoms in total. The van der Waals surface area contributed by atoms with Crippen LogP contribution in [-0.2, 0) is 0 Å². The van der Waals surface area contributed by atoms with Crippen LogP contribution in [0.5, 0.6) is 11.5 Å². The molecule has 1 saturated carbocycles. The van der Waals surface area contributed by atoms with E-state index in [0.29, 0.717) is 47.6 Å². The van der Waals surface area contributed by atoms with Crippen LogP contribution >= 0.6 is 0 Å². The number of nitrogens with one attached hydrogen (secondary N) is 2. The van der Waals surface area contributed by atoms with Gasteiger partial charge in [0.25, 0.3) is 11.8 Å². The quantitative estimate of drug-likeness (QED) is 0.696. The van der Waals surface area contributed by atoms with Gasteiger partial charge in [0.15, 0.2) is 0 Å². The highest BCUT2D eigenvalue weighted by atomic mass is 16.5. The highest BCUT2D eigenvalue weighted by molar-refractivity contribution is 5.97. The summed E-state index contributed by atoms with van der Waals surface area (Å²) in [7, 11) is 3.13. The zero-order valence-electron chi connectivity index (χ0n) is 17.6. The molecule has 1 aliphatic carbocycles. The van der Waals surface area contributed by atoms with E-state index in [1.807, 2.05) is 24.3 Å². The van der Waals surface area contributed by atoms with Gasteiger partial charge in [0.05, 0.1) is 25.3 Å². The lowest BCUT2D eigenvalue weighted by molar-refractivity contribution is 0.0932. The van der Waals surface area contributed by atoms with Crippen molar-refractivity contribution >= 4 is 11.8 Å². The molecule has 1 aliphatic rings. The molecule has 2 aromatic rings. The van der Waals surface area contributed by atoms with Crippen LogP contribution < -0.4 is 20.1 Å². The van der Waals surface area contributed by atoms with Gasteiger partial charge in [0, 0.05) is 13.1 Å². The van der Waals surface area contributed by atoms with E-state index in [0.717, 1.165) is 25.7 Å². The lowest BCUT2D eigenvalue weighted by atomic mass is 9.81. The first-order chi connectivity index (χ1) is 14.6. The topological polar surface area (TPSA) is 76.7 Å². The molecule has 30 heavy (non-hydrogen) atoms. The fourth-order valence-electron chi connectivity index (χ4n) is 4.10. The number of para-hydroxylation sites is 2. The Labute approximate surface area is 178 Å². The van der Waals surface area contributed by atoms with Crippen LogP contribution in [0.3, 0.4) is 0 Å². The summed E-state index contributed by atoms with van der Waals surface area (Å²) in [4.78, 5) is 25.0. The van der Waals surface area contributed by atoms with Crippen molar-refractivity contribution in [1.82, 2.24) is 10.6 Å². The molecular weight excluding hydrogens is 380 g/mol. The molecule has 160 valence electrons. The average molecular weight is 411 g/mol. The Balaban J connectivity index is 1.48. The molecule has 0 bridgehead atoms. The molecule has 2 atom stereocenters. The number of benzene rings is 2. The molecule has 0 aromatic heterocycles. The number of hydrogen-bond acceptors (Lipinski definition) is 4. The zero-order valence-corrected chi connectivity index (χ0v) is 17.6. The van der Waals surface area contributed by atoms with Crippen molar-refractivity contribution in [3.8, 4) is 11.5 Å². The maximum atomic E-state index is 12.5. The van der Waals surface area contributed by atoms with Gasteiger partial charge in [-0.2, -0.15) is 0 Å². The van der Waals surface area contributed by atoms with Crippen molar-refractivity contribution < 1.29 is 19.1 Å². The summed E-state index contributed by atoms with van der Waals surface area (Å²) >= 11 is 0. The summed E-state index contributed by atoms with van der Waals surface area (Å²) in [6, 6.07) is 14.5. The zero-order chi connectivity index (χ0) is 21.3. The first-order valence-electron chi connectivity index (χ1n) is 10.4. The molecule has 2 amide bonds. The van der Waals surface area contributed by atoms with Crippen molar-refractivity contribution in [3.05, 3.63) is 59.7 Å². The summed E-state index contributed by atoms with van der Waals surface area (Å²) in [6.07, 6.45) is 4.26. The van der Waals surface area contributed by atoms with Crippen molar-refractivity contribution in [2.75, 3.05) is 27.3 Å². The van der Waals surface area contributed by atoms with E-state index in [-0.39, 0.29) is 11.8 Å². The van der Waals surface area contributed by atoms with E-state index in [2.05, 4.69) is 10.6 Å². The van der Waals surface area contributed by atoms with Crippen molar-refractivity contribution in [3.63, 3.8) is 0 Å². The average Bonchev–Trinajstić information content (AvgIpc) is 2.81. The van der Waals surface area contributed by atoms with Crippen LogP contribution in [0.1, 0.15) is 46.4 Å². The maximum Gasteiger partial charge on any atom is 0.255 e. The van der Waals surface area contributed by atoms with Gasteiger partial charge in [-0.05, 0) is 55.4 Å². The Morgan fingerprint density at radius 2 is 1.23 bits per heavy atom. The molecule has 2 N–H and O–H groups in total. The van der Waals surface area contributed by atoms with Crippen LogP contribution in [-0.4, -0.2) is 39.1 Å². The summed E-state index contributed by atoms with van der Waals surface area (Å²) in [5.74, 6) is 1.75. The molecule has 0 radical (unpaired) electrons. The summed E-state index contributed by atoms with van der Waals surface area (Å²) < 4.78 is 10.5. The van der Waals surface area contributed by atoms with Gasteiger partial charge < -0.3 is 20.1 Å². The first kappa shape index (κ1) is 21.7. The second-order valence-corrected chi connectivity index (χ2v) is 7.72. The summed E-state index contributed by atoms with van der Waals surface area (Å²) in [6.45, 7) is 1.27. The van der Waals surface area contributed by atoms with Crippen molar-refractivity contribution in [2.24, 2.45) is 11.8 Å². The smallest absolute Gasteiger partial charge is 0.255 e. The Bertz CT molecular complexity index is 798. The highest BCUT2D eigenvalue weighted by Gasteiger charge is 2.24. The molecular formula is C24H30N2O4. The van der Waals surface area contributed by atoms with Gasteiger partial charge in [-0.1, -0.05) is 30.7 Å². The molecule has 2 unspecified atom stereocenters. The monoisotopic (exact) mass is 410 g/mol. The van der Waals surface area contributed by atoms with Crippen LogP contribution in [0, 0.1) is 11.8 Å². The van der Waals surface area contributed by atoms with E-state index in [1.54, 1.807) is 38.5 Å². The molecule has 1 fully saturated rings. The normalized spacial score (nSPS) is 18.3. The Kier molecular flexibility index (Phi) is 7.71. The van der Waals surface area contributed by atoms with Crippen LogP contribution in [0.25, 0.3) is 0 Å². The van der Waals surface area contributed by atoms with Gasteiger partial charge in [0.2, 0.25) is 0 Å². The number of methoxy groups -OCH3 is 2. The van der Waals surface area contributed by atoms with Crippen LogP contribution in [0.2, 0.25) is 0 Å². The minimum Gasteiger partial charge on any atom is -0.496 e. The van der Waals surface area contributed by atoms with Gasteiger partial charge in [0.1, 0.15) is 11.5 Å². The fraction of sp³-hybridized carbons (Fsp3) is 0.417. The minimum absolute atomic E-state index is 0.112. The van der Waals surface area contributed by atoms with Gasteiger partial charge >= 0.3 is 0 Å². The first-order valence-corrected chi connectivity index (χ1v) is 10.4. The third-order valence-corrected chi connectivity index (χ3v) is 5.70. The van der Waals surface area contributed by atoms with Crippen molar-refractivity contribution in [1.29, 1.82) is 0 Å². The molecule has 0 heterocycles. The van der Waals surface area contributed by atoms with E-state index >= 15 is 0 Å². The number of amides is 2. The Morgan fingerprint density at radius 1 is 0.800 bits per heavy atom. The molecule has 0 spiro atoms. The number of rotatable bonds is 8. The molecule has 2 aromatic carbocycles. The third-order valence-electron chi connectivity index (χ3n) is 5.70. The van der Waals surface area contributed by atoms with E-state index in [9.17, 15) is 9.59 Å². The Morgan fingerprint density at radius 3 is 1.67 bits per heavy atom. The second-order valence-electron chi connectivity index (χ2n) is 7.72. The summed E-state index contributed by atoms with van der Waals surface area (Å²) in [5.41, 5.74) is 1.10. The lowest BCUT2D eigenvalue weighted by Gasteiger charge is -2.29. The van der Waals surface area contributed by atoms with Crippen LogP contribution in [0.4, 0.5) is 0 Å². The molecule has 6 heteroatoms. The van der Waals surface area contributed by atoms with E-state index < -0.39 is 0 Å². The predicted molar refractivity (Wildman–Crippen MR) is 116 cm³/mol. The third kappa shape index (κ3) is 5.53.